The Kier molecular flexibility index (Phi) is 4.06. The highest BCUT2D eigenvalue weighted by Crippen LogP contribution is 2.12. The molecular weight excluding hydrogens is 236 g/mol. The summed E-state index contributed by atoms with van der Waals surface area (Å²) < 4.78 is 10.4. The van der Waals surface area contributed by atoms with Crippen molar-refractivity contribution >= 4 is 0 Å². The van der Waals surface area contributed by atoms with Gasteiger partial charge in [-0.3, -0.25) is 0 Å². The predicted molar refractivity (Wildman–Crippen MR) is 62.6 cm³/mol. The zero-order valence-corrected chi connectivity index (χ0v) is 10.4. The van der Waals surface area contributed by atoms with Crippen molar-refractivity contribution in [3.05, 3.63) is 18.4 Å². The van der Waals surface area contributed by atoms with E-state index in [1.165, 1.54) is 4.80 Å². The van der Waals surface area contributed by atoms with Crippen LogP contribution in [-0.4, -0.2) is 44.1 Å². The second-order valence-electron chi connectivity index (χ2n) is 4.18. The molecule has 0 radical (unpaired) electrons. The summed E-state index contributed by atoms with van der Waals surface area (Å²) in [5.41, 5.74) is 0. The molecule has 1 unspecified atom stereocenters. The van der Waals surface area contributed by atoms with Gasteiger partial charge in [0, 0.05) is 0 Å². The Hall–Kier alpha value is -1.73. The first-order valence-corrected chi connectivity index (χ1v) is 5.76. The topological polar surface area (TPSA) is 86.2 Å². The molecule has 18 heavy (non-hydrogen) atoms. The largest absolute Gasteiger partial charge is 0.461 e. The average Bonchev–Trinajstić information content (AvgIpc) is 2.95. The normalized spacial score (nSPS) is 13.1. The SMILES string of the molecule is CC(C)OCC(O)Cn1nnc(-c2ccco2)n1. The Morgan fingerprint density at radius 3 is 3.00 bits per heavy atom. The van der Waals surface area contributed by atoms with E-state index in [2.05, 4.69) is 15.4 Å². The van der Waals surface area contributed by atoms with Crippen molar-refractivity contribution in [2.75, 3.05) is 6.61 Å². The number of tetrazole rings is 1. The van der Waals surface area contributed by atoms with E-state index in [1.54, 1.807) is 18.4 Å². The Morgan fingerprint density at radius 2 is 2.33 bits per heavy atom. The van der Waals surface area contributed by atoms with Gasteiger partial charge in [-0.1, -0.05) is 0 Å². The summed E-state index contributed by atoms with van der Waals surface area (Å²) in [6.45, 7) is 4.31. The molecule has 0 fully saturated rings. The zero-order chi connectivity index (χ0) is 13.0. The molecule has 2 rings (SSSR count). The van der Waals surface area contributed by atoms with Crippen LogP contribution >= 0.6 is 0 Å². The number of hydrogen-bond acceptors (Lipinski definition) is 6. The maximum atomic E-state index is 9.71. The van der Waals surface area contributed by atoms with Crippen LogP contribution in [0.4, 0.5) is 0 Å². The second kappa shape index (κ2) is 5.74. The molecule has 1 N–H and O–H groups in total. The van der Waals surface area contributed by atoms with E-state index in [0.29, 0.717) is 11.6 Å². The number of hydrogen-bond donors (Lipinski definition) is 1. The third-order valence-electron chi connectivity index (χ3n) is 2.19. The summed E-state index contributed by atoms with van der Waals surface area (Å²) in [6.07, 6.45) is 0.967. The Bertz CT molecular complexity index is 466. The van der Waals surface area contributed by atoms with E-state index >= 15 is 0 Å². The molecule has 0 aliphatic carbocycles. The van der Waals surface area contributed by atoms with Crippen LogP contribution in [-0.2, 0) is 11.3 Å². The highest BCUT2D eigenvalue weighted by atomic mass is 16.5. The van der Waals surface area contributed by atoms with E-state index in [9.17, 15) is 5.11 Å². The first kappa shape index (κ1) is 12.7. The molecule has 0 aliphatic heterocycles. The molecule has 7 heteroatoms. The summed E-state index contributed by atoms with van der Waals surface area (Å²) in [5.74, 6) is 0.950. The fraction of sp³-hybridized carbons (Fsp3) is 0.545. The number of ether oxygens (including phenoxy) is 1. The molecule has 98 valence electrons. The fourth-order valence-corrected chi connectivity index (χ4v) is 1.37. The molecule has 2 heterocycles. The maximum Gasteiger partial charge on any atom is 0.240 e. The molecule has 1 atom stereocenters. The van der Waals surface area contributed by atoms with Crippen molar-refractivity contribution < 1.29 is 14.3 Å². The van der Waals surface area contributed by atoms with Crippen LogP contribution < -0.4 is 0 Å². The van der Waals surface area contributed by atoms with Crippen LogP contribution in [0.15, 0.2) is 22.8 Å². The molecule has 0 spiro atoms. The molecule has 0 aromatic carbocycles. The quantitative estimate of drug-likeness (QED) is 0.815. The van der Waals surface area contributed by atoms with Gasteiger partial charge in [0.05, 0.1) is 31.6 Å². The first-order chi connectivity index (χ1) is 8.65. The van der Waals surface area contributed by atoms with Gasteiger partial charge >= 0.3 is 0 Å². The molecule has 0 saturated heterocycles. The molecule has 2 aromatic heterocycles. The van der Waals surface area contributed by atoms with Gasteiger partial charge < -0.3 is 14.3 Å². The summed E-state index contributed by atoms with van der Waals surface area (Å²) in [4.78, 5) is 1.33. The third kappa shape index (κ3) is 3.38. The van der Waals surface area contributed by atoms with Gasteiger partial charge in [-0.25, -0.2) is 0 Å². The van der Waals surface area contributed by atoms with Gasteiger partial charge in [0.1, 0.15) is 0 Å². The number of aliphatic hydroxyl groups excluding tert-OH is 1. The van der Waals surface area contributed by atoms with Gasteiger partial charge in [0.15, 0.2) is 5.76 Å². The monoisotopic (exact) mass is 252 g/mol. The summed E-state index contributed by atoms with van der Waals surface area (Å²) in [6, 6.07) is 3.50. The standard InChI is InChI=1S/C11H16N4O3/c1-8(2)18-7-9(16)6-15-13-11(12-14-15)10-4-3-5-17-10/h3-5,8-9,16H,6-7H2,1-2H3. The van der Waals surface area contributed by atoms with Crippen LogP contribution in [0.25, 0.3) is 11.6 Å². The third-order valence-corrected chi connectivity index (χ3v) is 2.19. The lowest BCUT2D eigenvalue weighted by atomic mass is 10.4. The number of aromatic nitrogens is 4. The lowest BCUT2D eigenvalue weighted by Crippen LogP contribution is -2.25. The predicted octanol–water partition coefficient (Wildman–Crippen LogP) is 0.719. The van der Waals surface area contributed by atoms with Gasteiger partial charge in [0.2, 0.25) is 5.82 Å². The minimum Gasteiger partial charge on any atom is -0.461 e. The van der Waals surface area contributed by atoms with Crippen LogP contribution in [0.1, 0.15) is 13.8 Å². The molecular formula is C11H16N4O3. The summed E-state index contributed by atoms with van der Waals surface area (Å²) in [7, 11) is 0. The van der Waals surface area contributed by atoms with E-state index in [4.69, 9.17) is 9.15 Å². The maximum absolute atomic E-state index is 9.71. The van der Waals surface area contributed by atoms with Gasteiger partial charge in [0.25, 0.3) is 0 Å². The zero-order valence-electron chi connectivity index (χ0n) is 10.4. The lowest BCUT2D eigenvalue weighted by Gasteiger charge is -2.12. The first-order valence-electron chi connectivity index (χ1n) is 5.76. The minimum absolute atomic E-state index is 0.0852. The smallest absolute Gasteiger partial charge is 0.240 e. The number of aliphatic hydroxyl groups is 1. The summed E-state index contributed by atoms with van der Waals surface area (Å²) in [5, 5.41) is 21.5. The van der Waals surface area contributed by atoms with E-state index in [0.717, 1.165) is 0 Å². The van der Waals surface area contributed by atoms with Crippen molar-refractivity contribution in [2.24, 2.45) is 0 Å². The highest BCUT2D eigenvalue weighted by molar-refractivity contribution is 5.43. The van der Waals surface area contributed by atoms with Crippen LogP contribution in [0.5, 0.6) is 0 Å². The number of furan rings is 1. The molecule has 2 aromatic rings. The van der Waals surface area contributed by atoms with Crippen molar-refractivity contribution in [2.45, 2.75) is 32.6 Å². The number of nitrogens with zero attached hydrogens (tertiary/aromatic N) is 4. The highest BCUT2D eigenvalue weighted by Gasteiger charge is 2.12. The molecule has 0 bridgehead atoms. The van der Waals surface area contributed by atoms with E-state index in [-0.39, 0.29) is 19.3 Å². The number of rotatable bonds is 6. The fourth-order valence-electron chi connectivity index (χ4n) is 1.37. The molecule has 0 saturated carbocycles. The summed E-state index contributed by atoms with van der Waals surface area (Å²) >= 11 is 0. The lowest BCUT2D eigenvalue weighted by molar-refractivity contribution is -0.00379. The van der Waals surface area contributed by atoms with E-state index < -0.39 is 6.10 Å². The Morgan fingerprint density at radius 1 is 1.50 bits per heavy atom. The van der Waals surface area contributed by atoms with Crippen LogP contribution in [0.2, 0.25) is 0 Å². The van der Waals surface area contributed by atoms with Gasteiger partial charge in [-0.2, -0.15) is 4.80 Å². The van der Waals surface area contributed by atoms with E-state index in [1.807, 2.05) is 13.8 Å². The van der Waals surface area contributed by atoms with Crippen molar-refractivity contribution in [3.8, 4) is 11.6 Å². The second-order valence-corrected chi connectivity index (χ2v) is 4.18. The molecule has 0 aliphatic rings. The molecule has 7 nitrogen and oxygen atoms in total. The van der Waals surface area contributed by atoms with Gasteiger partial charge in [-0.15, -0.1) is 10.2 Å². The van der Waals surface area contributed by atoms with Crippen molar-refractivity contribution in [3.63, 3.8) is 0 Å². The van der Waals surface area contributed by atoms with Gasteiger partial charge in [-0.05, 0) is 31.2 Å². The Balaban J connectivity index is 1.90. The van der Waals surface area contributed by atoms with Crippen molar-refractivity contribution in [1.82, 2.24) is 20.2 Å². The average molecular weight is 252 g/mol. The van der Waals surface area contributed by atoms with Crippen molar-refractivity contribution in [1.29, 1.82) is 0 Å². The Labute approximate surface area is 104 Å². The minimum atomic E-state index is -0.661. The van der Waals surface area contributed by atoms with Crippen LogP contribution in [0.3, 0.4) is 0 Å². The molecule has 0 amide bonds. The van der Waals surface area contributed by atoms with Crippen LogP contribution in [0, 0.1) is 0 Å².